The van der Waals surface area contributed by atoms with Crippen LogP contribution in [0.2, 0.25) is 0 Å². The Morgan fingerprint density at radius 1 is 0.679 bits per heavy atom. The third-order valence-corrected chi connectivity index (χ3v) is 6.48. The molecule has 0 saturated heterocycles. The molecule has 0 N–H and O–H groups in total. The Labute approximate surface area is 198 Å². The molecule has 0 saturated carbocycles. The normalized spacial score (nSPS) is 7.64. The number of rotatable bonds is 3. The monoisotopic (exact) mass is 531 g/mol. The van der Waals surface area contributed by atoms with Crippen molar-refractivity contribution in [2.45, 2.75) is 58.5 Å². The third-order valence-electron chi connectivity index (χ3n) is 2.90. The summed E-state index contributed by atoms with van der Waals surface area (Å²) in [6.07, 6.45) is 0. The van der Waals surface area contributed by atoms with Gasteiger partial charge in [0.15, 0.2) is 0 Å². The second-order valence-electron chi connectivity index (χ2n) is 5.65. The van der Waals surface area contributed by atoms with E-state index in [0.717, 1.165) is 17.0 Å². The van der Waals surface area contributed by atoms with Crippen molar-refractivity contribution in [1.82, 2.24) is 0 Å². The summed E-state index contributed by atoms with van der Waals surface area (Å²) in [4.78, 5) is 0. The maximum Gasteiger partial charge on any atom is 2.00 e. The summed E-state index contributed by atoms with van der Waals surface area (Å²) >= 11 is 0. The topological polar surface area (TPSA) is 39.8 Å². The van der Waals surface area contributed by atoms with E-state index in [2.05, 4.69) is 68.0 Å². The Hall–Kier alpha value is -0.507. The van der Waals surface area contributed by atoms with Crippen molar-refractivity contribution >= 4 is 7.92 Å². The van der Waals surface area contributed by atoms with Gasteiger partial charge < -0.3 is 6.58 Å². The molecule has 0 aliphatic carbocycles. The molecule has 2 rings (SSSR count). The van der Waals surface area contributed by atoms with E-state index in [1.807, 2.05) is 60.7 Å². The Morgan fingerprint density at radius 2 is 0.857 bits per heavy atom. The summed E-state index contributed by atoms with van der Waals surface area (Å²) < 4.78 is 15.0. The Balaban J connectivity index is -0.0000000578. The van der Waals surface area contributed by atoms with Crippen LogP contribution in [0.15, 0.2) is 67.2 Å². The molecule has 0 spiro atoms. The predicted molar refractivity (Wildman–Crippen MR) is 114 cm³/mol. The van der Waals surface area contributed by atoms with E-state index in [9.17, 15) is 0 Å². The van der Waals surface area contributed by atoms with Crippen LogP contribution in [-0.2, 0) is 45.9 Å². The van der Waals surface area contributed by atoms with Crippen LogP contribution < -0.4 is 0 Å². The first-order chi connectivity index (χ1) is 12.5. The summed E-state index contributed by atoms with van der Waals surface area (Å²) in [6.45, 7) is 30.1. The molecule has 28 heavy (non-hydrogen) atoms. The largest absolute Gasteiger partial charge is 2.00 e. The van der Waals surface area contributed by atoms with Crippen molar-refractivity contribution < 1.29 is 45.9 Å². The van der Waals surface area contributed by atoms with Crippen molar-refractivity contribution in [2.75, 3.05) is 0 Å². The van der Waals surface area contributed by atoms with Gasteiger partial charge in [-0.05, 0) is 17.0 Å². The molecule has 2 aromatic rings. The van der Waals surface area contributed by atoms with Crippen molar-refractivity contribution in [3.05, 3.63) is 87.1 Å². The second kappa shape index (κ2) is 37.3. The summed E-state index contributed by atoms with van der Waals surface area (Å²) in [5.41, 5.74) is 2.69. The molecule has 0 unspecified atom stereocenters. The fourth-order valence-corrected chi connectivity index (χ4v) is 6.01. The molecule has 0 aliphatic rings. The third kappa shape index (κ3) is 33.1. The SMILES string of the molecule is CC(C)P(C(C)C)C(C)C.[C-]#[O+].[C-]#[O+].[CH-]=C.[Mn].[Rh+2].c1cc[cH-]c1.c1cc[cH-]c1. The molecule has 0 amide bonds. The summed E-state index contributed by atoms with van der Waals surface area (Å²) in [6, 6.07) is 20.0. The quantitative estimate of drug-likeness (QED) is 0.177. The minimum absolute atomic E-state index is 0. The first kappa shape index (κ1) is 41.8. The Morgan fingerprint density at radius 3 is 0.893 bits per heavy atom. The summed E-state index contributed by atoms with van der Waals surface area (Å²) in [5.74, 6) is 0. The van der Waals surface area contributed by atoms with Gasteiger partial charge in [0.25, 0.3) is 0 Å². The van der Waals surface area contributed by atoms with E-state index < -0.39 is 0 Å². The van der Waals surface area contributed by atoms with Gasteiger partial charge in [0.05, 0.1) is 0 Å². The molecule has 0 fully saturated rings. The van der Waals surface area contributed by atoms with Crippen LogP contribution >= 0.6 is 7.92 Å². The van der Waals surface area contributed by atoms with E-state index in [1.54, 1.807) is 0 Å². The molecule has 0 bridgehead atoms. The fraction of sp³-hybridized carbons (Fsp3) is 0.391. The van der Waals surface area contributed by atoms with Gasteiger partial charge >= 0.3 is 42.1 Å². The van der Waals surface area contributed by atoms with Crippen molar-refractivity contribution in [2.24, 2.45) is 0 Å². The van der Waals surface area contributed by atoms with Crippen LogP contribution in [0.3, 0.4) is 0 Å². The molecule has 0 atom stereocenters. The van der Waals surface area contributed by atoms with Gasteiger partial charge in [-0.3, -0.25) is 6.58 Å². The van der Waals surface area contributed by atoms with Crippen molar-refractivity contribution in [3.63, 3.8) is 0 Å². The zero-order valence-electron chi connectivity index (χ0n) is 17.8. The van der Waals surface area contributed by atoms with E-state index in [4.69, 9.17) is 9.30 Å². The average Bonchev–Trinajstić information content (AvgIpc) is 3.38. The van der Waals surface area contributed by atoms with Crippen LogP contribution in [0.25, 0.3) is 0 Å². The van der Waals surface area contributed by atoms with Crippen LogP contribution in [0.1, 0.15) is 41.5 Å². The minimum Gasteiger partial charge on any atom is -0.521 e. The zero-order chi connectivity index (χ0) is 21.4. The first-order valence-electron chi connectivity index (χ1n) is 8.39. The molecule has 160 valence electrons. The molecular formula is C23H34MnO2PRh-. The van der Waals surface area contributed by atoms with E-state index in [-0.39, 0.29) is 44.5 Å². The fourth-order valence-electron chi connectivity index (χ4n) is 2.43. The zero-order valence-corrected chi connectivity index (χ0v) is 21.5. The number of hydrogen-bond donors (Lipinski definition) is 0. The molecule has 0 heterocycles. The first-order valence-corrected chi connectivity index (χ1v) is 9.94. The van der Waals surface area contributed by atoms with Crippen LogP contribution in [0, 0.1) is 19.9 Å². The summed E-state index contributed by atoms with van der Waals surface area (Å²) in [5, 5.41) is 0. The smallest absolute Gasteiger partial charge is 0.521 e. The Kier molecular flexibility index (Phi) is 55.6. The summed E-state index contributed by atoms with van der Waals surface area (Å²) in [7, 11) is 0.262. The predicted octanol–water partition coefficient (Wildman–Crippen LogP) is 7.03. The molecule has 2 aromatic carbocycles. The number of hydrogen-bond acceptors (Lipinski definition) is 0. The van der Waals surface area contributed by atoms with E-state index in [0.29, 0.717) is 0 Å². The molecule has 2 nitrogen and oxygen atoms in total. The molecule has 5 heteroatoms. The van der Waals surface area contributed by atoms with Gasteiger partial charge in [0.1, 0.15) is 0 Å². The van der Waals surface area contributed by atoms with Crippen molar-refractivity contribution in [3.8, 4) is 0 Å². The minimum atomic E-state index is 0. The average molecular weight is 531 g/mol. The van der Waals surface area contributed by atoms with Crippen LogP contribution in [0.5, 0.6) is 0 Å². The van der Waals surface area contributed by atoms with Gasteiger partial charge in [-0.1, -0.05) is 49.5 Å². The van der Waals surface area contributed by atoms with E-state index >= 15 is 0 Å². The van der Waals surface area contributed by atoms with Gasteiger partial charge in [-0.15, -0.1) is 0 Å². The van der Waals surface area contributed by atoms with Gasteiger partial charge in [-0.2, -0.15) is 36.4 Å². The standard InChI is InChI=1S/C9H21P.2C5H5.C2H3.2CO.Mn.Rh/c1-7(2)10(8(3)4)9(5)6;2*1-2-4-5-3-1;3*1-2;;/h7-9H,1-6H3;2*1-5H;1H,2H2;;;;/q;3*-1;;;;+2. The van der Waals surface area contributed by atoms with Gasteiger partial charge in [0, 0.05) is 17.1 Å². The molecule has 0 aliphatic heterocycles. The van der Waals surface area contributed by atoms with Gasteiger partial charge in [-0.25, -0.2) is 24.3 Å². The Bertz CT molecular complexity index is 378. The molecule has 0 aromatic heterocycles. The maximum absolute atomic E-state index is 7.50. The molecular weight excluding hydrogens is 497 g/mol. The molecule has 2 radical (unpaired) electrons. The van der Waals surface area contributed by atoms with Gasteiger partial charge in [0.2, 0.25) is 0 Å². The van der Waals surface area contributed by atoms with E-state index in [1.165, 1.54) is 0 Å². The van der Waals surface area contributed by atoms with Crippen molar-refractivity contribution in [1.29, 1.82) is 0 Å². The van der Waals surface area contributed by atoms with Crippen LogP contribution in [-0.4, -0.2) is 17.0 Å². The maximum atomic E-state index is 7.50. The van der Waals surface area contributed by atoms with Crippen LogP contribution in [0.4, 0.5) is 0 Å². The second-order valence-corrected chi connectivity index (χ2v) is 9.65.